The van der Waals surface area contributed by atoms with Gasteiger partial charge in [-0.1, -0.05) is 25.4 Å². The highest BCUT2D eigenvalue weighted by Crippen LogP contribution is 2.21. The molecule has 1 heterocycles. The minimum Gasteiger partial charge on any atom is -0.494 e. The lowest BCUT2D eigenvalue weighted by atomic mass is 10.2. The Morgan fingerprint density at radius 1 is 1.11 bits per heavy atom. The summed E-state index contributed by atoms with van der Waals surface area (Å²) in [4.78, 5) is 4.36. The maximum atomic E-state index is 5.61. The molecule has 2 rings (SSSR count). The Hall–Kier alpha value is -1.84. The van der Waals surface area contributed by atoms with Crippen LogP contribution in [0, 0.1) is 0 Å². The van der Waals surface area contributed by atoms with E-state index in [1.165, 1.54) is 0 Å². The molecule has 0 amide bonds. The third kappa shape index (κ3) is 3.81. The minimum atomic E-state index is 0.573. The van der Waals surface area contributed by atoms with Crippen molar-refractivity contribution in [2.75, 3.05) is 6.61 Å². The van der Waals surface area contributed by atoms with Crippen molar-refractivity contribution in [3.8, 4) is 17.2 Å². The standard InChI is InChI=1S/C15H20N2O2/c1-3-5-11-18-13-9-7-12(8-10-13)15-16-14(6-4-2)17-19-15/h7-10H,3-6,11H2,1-2H3. The monoisotopic (exact) mass is 260 g/mol. The average molecular weight is 260 g/mol. The summed E-state index contributed by atoms with van der Waals surface area (Å²) in [6.45, 7) is 5.01. The Labute approximate surface area is 113 Å². The highest BCUT2D eigenvalue weighted by molar-refractivity contribution is 5.54. The lowest BCUT2D eigenvalue weighted by molar-refractivity contribution is 0.309. The maximum absolute atomic E-state index is 5.61. The van der Waals surface area contributed by atoms with Crippen LogP contribution in [0.4, 0.5) is 0 Å². The lowest BCUT2D eigenvalue weighted by Crippen LogP contribution is -1.95. The maximum Gasteiger partial charge on any atom is 0.257 e. The van der Waals surface area contributed by atoms with E-state index in [-0.39, 0.29) is 0 Å². The van der Waals surface area contributed by atoms with E-state index in [1.807, 2.05) is 24.3 Å². The fourth-order valence-electron chi connectivity index (χ4n) is 1.72. The average Bonchev–Trinajstić information content (AvgIpc) is 2.89. The molecule has 4 heteroatoms. The highest BCUT2D eigenvalue weighted by atomic mass is 16.5. The summed E-state index contributed by atoms with van der Waals surface area (Å²) in [5.74, 6) is 2.22. The molecule has 0 aliphatic heterocycles. The molecule has 0 unspecified atom stereocenters. The van der Waals surface area contributed by atoms with Crippen LogP contribution < -0.4 is 4.74 Å². The molecule has 0 aliphatic rings. The van der Waals surface area contributed by atoms with Gasteiger partial charge in [0.25, 0.3) is 5.89 Å². The predicted molar refractivity (Wildman–Crippen MR) is 74.1 cm³/mol. The summed E-state index contributed by atoms with van der Waals surface area (Å²) in [5.41, 5.74) is 0.928. The summed E-state index contributed by atoms with van der Waals surface area (Å²) in [6.07, 6.45) is 4.08. The number of nitrogens with zero attached hydrogens (tertiary/aromatic N) is 2. The summed E-state index contributed by atoms with van der Waals surface area (Å²) < 4.78 is 10.9. The van der Waals surface area contributed by atoms with Gasteiger partial charge in [0, 0.05) is 12.0 Å². The molecule has 1 aromatic heterocycles. The molecular formula is C15H20N2O2. The molecule has 0 radical (unpaired) electrons. The van der Waals surface area contributed by atoms with Crippen molar-refractivity contribution >= 4 is 0 Å². The van der Waals surface area contributed by atoms with Crippen LogP contribution >= 0.6 is 0 Å². The highest BCUT2D eigenvalue weighted by Gasteiger charge is 2.08. The third-order valence-corrected chi connectivity index (χ3v) is 2.81. The second-order valence-corrected chi connectivity index (χ2v) is 4.49. The van der Waals surface area contributed by atoms with E-state index >= 15 is 0 Å². The Balaban J connectivity index is 2.00. The van der Waals surface area contributed by atoms with Crippen molar-refractivity contribution in [3.63, 3.8) is 0 Å². The molecule has 0 bridgehead atoms. The van der Waals surface area contributed by atoms with Crippen LogP contribution in [0.3, 0.4) is 0 Å². The largest absolute Gasteiger partial charge is 0.494 e. The third-order valence-electron chi connectivity index (χ3n) is 2.81. The first-order chi connectivity index (χ1) is 9.33. The van der Waals surface area contributed by atoms with Gasteiger partial charge in [0.05, 0.1) is 6.61 Å². The summed E-state index contributed by atoms with van der Waals surface area (Å²) in [5, 5.41) is 3.95. The zero-order valence-corrected chi connectivity index (χ0v) is 11.6. The molecule has 0 spiro atoms. The summed E-state index contributed by atoms with van der Waals surface area (Å²) in [7, 11) is 0. The Bertz CT molecular complexity index is 491. The van der Waals surface area contributed by atoms with Crippen LogP contribution in [0.15, 0.2) is 28.8 Å². The molecule has 0 saturated heterocycles. The molecule has 0 N–H and O–H groups in total. The van der Waals surface area contributed by atoms with Crippen molar-refractivity contribution in [1.82, 2.24) is 10.1 Å². The SMILES string of the molecule is CCCCOc1ccc(-c2nc(CCC)no2)cc1. The van der Waals surface area contributed by atoms with Gasteiger partial charge in [-0.05, 0) is 37.1 Å². The van der Waals surface area contributed by atoms with Gasteiger partial charge in [0.2, 0.25) is 0 Å². The Morgan fingerprint density at radius 2 is 1.89 bits per heavy atom. The fraction of sp³-hybridized carbons (Fsp3) is 0.467. The van der Waals surface area contributed by atoms with Gasteiger partial charge < -0.3 is 9.26 Å². The number of aromatic nitrogens is 2. The van der Waals surface area contributed by atoms with E-state index in [4.69, 9.17) is 9.26 Å². The van der Waals surface area contributed by atoms with Gasteiger partial charge in [-0.15, -0.1) is 0 Å². The minimum absolute atomic E-state index is 0.573. The molecule has 0 fully saturated rings. The molecule has 0 atom stereocenters. The Kier molecular flexibility index (Phi) is 4.95. The molecule has 19 heavy (non-hydrogen) atoms. The van der Waals surface area contributed by atoms with Crippen molar-refractivity contribution in [3.05, 3.63) is 30.1 Å². The van der Waals surface area contributed by atoms with Crippen LogP contribution in [-0.4, -0.2) is 16.7 Å². The smallest absolute Gasteiger partial charge is 0.257 e. The fourth-order valence-corrected chi connectivity index (χ4v) is 1.72. The van der Waals surface area contributed by atoms with Gasteiger partial charge in [-0.3, -0.25) is 0 Å². The summed E-state index contributed by atoms with van der Waals surface area (Å²) in [6, 6.07) is 7.78. The topological polar surface area (TPSA) is 48.2 Å². The molecule has 1 aromatic carbocycles. The number of unbranched alkanes of at least 4 members (excludes halogenated alkanes) is 1. The Morgan fingerprint density at radius 3 is 2.58 bits per heavy atom. The van der Waals surface area contributed by atoms with Crippen molar-refractivity contribution in [2.45, 2.75) is 39.5 Å². The van der Waals surface area contributed by atoms with E-state index in [9.17, 15) is 0 Å². The van der Waals surface area contributed by atoms with Crippen molar-refractivity contribution in [1.29, 1.82) is 0 Å². The second-order valence-electron chi connectivity index (χ2n) is 4.49. The number of benzene rings is 1. The van der Waals surface area contributed by atoms with Gasteiger partial charge in [-0.25, -0.2) is 0 Å². The molecule has 4 nitrogen and oxygen atoms in total. The predicted octanol–water partition coefficient (Wildman–Crippen LogP) is 3.87. The lowest BCUT2D eigenvalue weighted by Gasteiger charge is -2.04. The molecule has 0 aliphatic carbocycles. The zero-order valence-electron chi connectivity index (χ0n) is 11.6. The van der Waals surface area contributed by atoms with E-state index in [0.29, 0.717) is 5.89 Å². The zero-order chi connectivity index (χ0) is 13.5. The van der Waals surface area contributed by atoms with Crippen LogP contribution in [0.1, 0.15) is 38.9 Å². The van der Waals surface area contributed by atoms with Gasteiger partial charge in [0.1, 0.15) is 5.75 Å². The molecule has 102 valence electrons. The van der Waals surface area contributed by atoms with Gasteiger partial charge in [-0.2, -0.15) is 4.98 Å². The normalized spacial score (nSPS) is 10.6. The number of hydrogen-bond acceptors (Lipinski definition) is 4. The van der Waals surface area contributed by atoms with Crippen molar-refractivity contribution in [2.24, 2.45) is 0 Å². The molecule has 2 aromatic rings. The number of aryl methyl sites for hydroxylation is 1. The molecule has 0 saturated carbocycles. The second kappa shape index (κ2) is 6.92. The van der Waals surface area contributed by atoms with E-state index in [1.54, 1.807) is 0 Å². The quantitative estimate of drug-likeness (QED) is 0.709. The number of rotatable bonds is 7. The van der Waals surface area contributed by atoms with E-state index < -0.39 is 0 Å². The number of hydrogen-bond donors (Lipinski definition) is 0. The van der Waals surface area contributed by atoms with Crippen LogP contribution in [-0.2, 0) is 6.42 Å². The van der Waals surface area contributed by atoms with E-state index in [0.717, 1.165) is 49.4 Å². The van der Waals surface area contributed by atoms with Crippen LogP contribution in [0.5, 0.6) is 5.75 Å². The summed E-state index contributed by atoms with van der Waals surface area (Å²) >= 11 is 0. The number of ether oxygens (including phenoxy) is 1. The first-order valence-electron chi connectivity index (χ1n) is 6.89. The van der Waals surface area contributed by atoms with Crippen LogP contribution in [0.2, 0.25) is 0 Å². The van der Waals surface area contributed by atoms with Gasteiger partial charge in [0.15, 0.2) is 5.82 Å². The molecular weight excluding hydrogens is 240 g/mol. The van der Waals surface area contributed by atoms with Gasteiger partial charge >= 0.3 is 0 Å². The van der Waals surface area contributed by atoms with Crippen LogP contribution in [0.25, 0.3) is 11.5 Å². The van der Waals surface area contributed by atoms with E-state index in [2.05, 4.69) is 24.0 Å². The first kappa shape index (κ1) is 13.6. The first-order valence-corrected chi connectivity index (χ1v) is 6.89. The van der Waals surface area contributed by atoms with Crippen molar-refractivity contribution < 1.29 is 9.26 Å².